The lowest BCUT2D eigenvalue weighted by atomic mass is 9.94. The van der Waals surface area contributed by atoms with E-state index >= 15 is 0 Å². The average Bonchev–Trinajstić information content (AvgIpc) is 2.71. The average molecular weight is 237 g/mol. The van der Waals surface area contributed by atoms with Crippen molar-refractivity contribution in [3.63, 3.8) is 0 Å². The fourth-order valence-corrected chi connectivity index (χ4v) is 1.97. The monoisotopic (exact) mass is 237 g/mol. The van der Waals surface area contributed by atoms with Crippen LogP contribution in [0.1, 0.15) is 17.0 Å². The van der Waals surface area contributed by atoms with E-state index < -0.39 is 11.9 Å². The molecule has 0 bridgehead atoms. The van der Waals surface area contributed by atoms with Crippen LogP contribution in [0.5, 0.6) is 11.5 Å². The van der Waals surface area contributed by atoms with Crippen molar-refractivity contribution in [3.8, 4) is 11.5 Å². The van der Waals surface area contributed by atoms with Gasteiger partial charge in [0, 0.05) is 6.54 Å². The molecule has 5 nitrogen and oxygen atoms in total. The fourth-order valence-electron chi connectivity index (χ4n) is 1.97. The summed E-state index contributed by atoms with van der Waals surface area (Å²) in [6, 6.07) is 3.58. The van der Waals surface area contributed by atoms with Crippen LogP contribution in [0.4, 0.5) is 0 Å². The molecule has 92 valence electrons. The van der Waals surface area contributed by atoms with Crippen LogP contribution in [-0.4, -0.2) is 31.5 Å². The normalized spacial score (nSPS) is 14.7. The van der Waals surface area contributed by atoms with Crippen molar-refractivity contribution in [2.75, 3.05) is 20.4 Å². The van der Waals surface area contributed by atoms with Crippen LogP contribution in [0.15, 0.2) is 12.1 Å². The maximum absolute atomic E-state index is 11.2. The number of carbonyl (C=O) groups is 1. The predicted octanol–water partition coefficient (Wildman–Crippen LogP) is 1.11. The van der Waals surface area contributed by atoms with E-state index in [9.17, 15) is 9.90 Å². The van der Waals surface area contributed by atoms with Gasteiger partial charge in [0.05, 0.1) is 5.92 Å². The topological polar surface area (TPSA) is 67.8 Å². The smallest absolute Gasteiger partial charge is 0.312 e. The summed E-state index contributed by atoms with van der Waals surface area (Å²) in [4.78, 5) is 11.2. The first-order chi connectivity index (χ1) is 8.13. The number of hydrogen-bond donors (Lipinski definition) is 2. The number of aliphatic carboxylic acids is 1. The number of fused-ring (bicyclic) bond motifs is 1. The Morgan fingerprint density at radius 3 is 2.71 bits per heavy atom. The molecule has 1 aromatic rings. The molecule has 1 unspecified atom stereocenters. The third-order valence-electron chi connectivity index (χ3n) is 2.84. The minimum absolute atomic E-state index is 0.196. The third kappa shape index (κ3) is 2.19. The van der Waals surface area contributed by atoms with Crippen molar-refractivity contribution in [1.29, 1.82) is 0 Å². The molecular formula is C12H15NO4. The van der Waals surface area contributed by atoms with Crippen LogP contribution in [-0.2, 0) is 4.79 Å². The highest BCUT2D eigenvalue weighted by Crippen LogP contribution is 2.36. The Morgan fingerprint density at radius 1 is 1.47 bits per heavy atom. The standard InChI is InChI=1S/C12H15NO4/c1-7-3-10-11(17-6-16-10)4-8(7)9(5-13-2)12(14)15/h3-4,9,13H,5-6H2,1-2H3,(H,14,15). The zero-order chi connectivity index (χ0) is 12.4. The van der Waals surface area contributed by atoms with Gasteiger partial charge >= 0.3 is 5.97 Å². The van der Waals surface area contributed by atoms with Crippen LogP contribution in [0.2, 0.25) is 0 Å². The molecule has 0 saturated carbocycles. The summed E-state index contributed by atoms with van der Waals surface area (Å²) >= 11 is 0. The molecule has 1 heterocycles. The van der Waals surface area contributed by atoms with Crippen LogP contribution in [0, 0.1) is 6.92 Å². The van der Waals surface area contributed by atoms with Gasteiger partial charge in [-0.1, -0.05) is 0 Å². The van der Waals surface area contributed by atoms with Gasteiger partial charge in [-0.15, -0.1) is 0 Å². The number of benzene rings is 1. The molecule has 1 aliphatic heterocycles. The highest BCUT2D eigenvalue weighted by atomic mass is 16.7. The molecule has 0 radical (unpaired) electrons. The molecule has 5 heteroatoms. The molecular weight excluding hydrogens is 222 g/mol. The maximum atomic E-state index is 11.2. The van der Waals surface area contributed by atoms with Crippen molar-refractivity contribution >= 4 is 5.97 Å². The fraction of sp³-hybridized carbons (Fsp3) is 0.417. The molecule has 17 heavy (non-hydrogen) atoms. The minimum atomic E-state index is -0.846. The molecule has 2 N–H and O–H groups in total. The summed E-state index contributed by atoms with van der Waals surface area (Å²) in [6.07, 6.45) is 0. The second-order valence-electron chi connectivity index (χ2n) is 4.01. The van der Waals surface area contributed by atoms with Gasteiger partial charge in [-0.3, -0.25) is 4.79 Å². The Labute approximate surface area is 99.3 Å². The van der Waals surface area contributed by atoms with Gasteiger partial charge in [-0.2, -0.15) is 0 Å². The highest BCUT2D eigenvalue weighted by molar-refractivity contribution is 5.77. The summed E-state index contributed by atoms with van der Waals surface area (Å²) in [7, 11) is 1.73. The number of aryl methyl sites for hydroxylation is 1. The Kier molecular flexibility index (Phi) is 3.19. The van der Waals surface area contributed by atoms with Crippen LogP contribution < -0.4 is 14.8 Å². The predicted molar refractivity (Wildman–Crippen MR) is 61.6 cm³/mol. The summed E-state index contributed by atoms with van der Waals surface area (Å²) in [5.74, 6) is -0.122. The van der Waals surface area contributed by atoms with Crippen molar-refractivity contribution in [3.05, 3.63) is 23.3 Å². The summed E-state index contributed by atoms with van der Waals surface area (Å²) in [6.45, 7) is 2.46. The van der Waals surface area contributed by atoms with Gasteiger partial charge in [-0.05, 0) is 37.2 Å². The van der Waals surface area contributed by atoms with Crippen molar-refractivity contribution in [2.45, 2.75) is 12.8 Å². The maximum Gasteiger partial charge on any atom is 0.312 e. The van der Waals surface area contributed by atoms with E-state index in [1.54, 1.807) is 13.1 Å². The number of likely N-dealkylation sites (N-methyl/N-ethyl adjacent to an activating group) is 1. The zero-order valence-electron chi connectivity index (χ0n) is 9.82. The molecule has 0 aromatic heterocycles. The van der Waals surface area contributed by atoms with E-state index in [4.69, 9.17) is 9.47 Å². The van der Waals surface area contributed by atoms with E-state index in [0.717, 1.165) is 11.1 Å². The third-order valence-corrected chi connectivity index (χ3v) is 2.84. The molecule has 1 aliphatic rings. The number of hydrogen-bond acceptors (Lipinski definition) is 4. The van der Waals surface area contributed by atoms with Gasteiger partial charge < -0.3 is 19.9 Å². The summed E-state index contributed by atoms with van der Waals surface area (Å²) < 4.78 is 10.5. The number of carboxylic acid groups (broad SMARTS) is 1. The van der Waals surface area contributed by atoms with E-state index in [2.05, 4.69) is 5.32 Å². The van der Waals surface area contributed by atoms with E-state index in [-0.39, 0.29) is 6.79 Å². The molecule has 0 aliphatic carbocycles. The molecule has 2 rings (SSSR count). The first-order valence-electron chi connectivity index (χ1n) is 5.41. The van der Waals surface area contributed by atoms with E-state index in [1.807, 2.05) is 13.0 Å². The van der Waals surface area contributed by atoms with Gasteiger partial charge in [0.2, 0.25) is 6.79 Å². The molecule has 0 amide bonds. The highest BCUT2D eigenvalue weighted by Gasteiger charge is 2.24. The molecule has 0 fully saturated rings. The van der Waals surface area contributed by atoms with Gasteiger partial charge in [0.25, 0.3) is 0 Å². The molecule has 1 aromatic carbocycles. The zero-order valence-corrected chi connectivity index (χ0v) is 9.82. The molecule has 1 atom stereocenters. The van der Waals surface area contributed by atoms with Gasteiger partial charge in [0.15, 0.2) is 11.5 Å². The lowest BCUT2D eigenvalue weighted by Gasteiger charge is -2.15. The summed E-state index contributed by atoms with van der Waals surface area (Å²) in [5, 5.41) is 12.1. The number of carboxylic acids is 1. The Hall–Kier alpha value is -1.75. The number of ether oxygens (including phenoxy) is 2. The lowest BCUT2D eigenvalue weighted by molar-refractivity contribution is -0.138. The van der Waals surface area contributed by atoms with Gasteiger partial charge in [0.1, 0.15) is 0 Å². The number of nitrogens with one attached hydrogen (secondary N) is 1. The first-order valence-corrected chi connectivity index (χ1v) is 5.41. The largest absolute Gasteiger partial charge is 0.481 e. The Bertz CT molecular complexity index is 444. The van der Waals surface area contributed by atoms with Crippen molar-refractivity contribution in [1.82, 2.24) is 5.32 Å². The second kappa shape index (κ2) is 4.63. The summed E-state index contributed by atoms with van der Waals surface area (Å²) in [5.41, 5.74) is 1.66. The van der Waals surface area contributed by atoms with Gasteiger partial charge in [-0.25, -0.2) is 0 Å². The Balaban J connectivity index is 2.39. The first kappa shape index (κ1) is 11.7. The quantitative estimate of drug-likeness (QED) is 0.821. The Morgan fingerprint density at radius 2 is 2.12 bits per heavy atom. The molecule has 0 spiro atoms. The van der Waals surface area contributed by atoms with Crippen LogP contribution in [0.3, 0.4) is 0 Å². The van der Waals surface area contributed by atoms with E-state index in [1.165, 1.54) is 0 Å². The number of rotatable bonds is 4. The minimum Gasteiger partial charge on any atom is -0.481 e. The van der Waals surface area contributed by atoms with Crippen LogP contribution >= 0.6 is 0 Å². The van der Waals surface area contributed by atoms with E-state index in [0.29, 0.717) is 18.0 Å². The molecule has 0 saturated heterocycles. The van der Waals surface area contributed by atoms with Crippen molar-refractivity contribution < 1.29 is 19.4 Å². The lowest BCUT2D eigenvalue weighted by Crippen LogP contribution is -2.24. The SMILES string of the molecule is CNCC(C(=O)O)c1cc2c(cc1C)OCO2. The van der Waals surface area contributed by atoms with Crippen molar-refractivity contribution in [2.24, 2.45) is 0 Å². The second-order valence-corrected chi connectivity index (χ2v) is 4.01. The van der Waals surface area contributed by atoms with Crippen LogP contribution in [0.25, 0.3) is 0 Å².